The zero-order valence-corrected chi connectivity index (χ0v) is 7.14. The Balaban J connectivity index is 2.85. The Bertz CT molecular complexity index is 196. The largest absolute Gasteiger partial charge is 0.310 e. The molecule has 1 aromatic heterocycles. The third kappa shape index (κ3) is 1.51. The van der Waals surface area contributed by atoms with Crippen LogP contribution in [0, 0.1) is 0 Å². The van der Waals surface area contributed by atoms with Crippen LogP contribution in [-0.2, 0) is 4.87 Å². The van der Waals surface area contributed by atoms with Crippen molar-refractivity contribution in [3.8, 4) is 0 Å². The number of hydrogen-bond donors (Lipinski definition) is 1. The number of halogens is 1. The Morgan fingerprint density at radius 2 is 2.50 bits per heavy atom. The molecule has 1 unspecified atom stereocenters. The van der Waals surface area contributed by atoms with E-state index in [4.69, 9.17) is 5.73 Å². The Kier molecular flexibility index (Phi) is 2.33. The highest BCUT2D eigenvalue weighted by molar-refractivity contribution is 7.95. The molecule has 0 aromatic carbocycles. The van der Waals surface area contributed by atoms with E-state index in [1.807, 2.05) is 17.5 Å². The highest BCUT2D eigenvalue weighted by Crippen LogP contribution is 2.33. The number of nitrogens with two attached hydrogens (primary N) is 1. The lowest BCUT2D eigenvalue weighted by atomic mass is 10.3. The van der Waals surface area contributed by atoms with Gasteiger partial charge >= 0.3 is 0 Å². The normalized spacial score (nSPS) is 16.7. The zero-order valence-electron chi connectivity index (χ0n) is 5.50. The van der Waals surface area contributed by atoms with Crippen LogP contribution in [0.2, 0.25) is 0 Å². The van der Waals surface area contributed by atoms with E-state index in [1.165, 1.54) is 11.3 Å². The fourth-order valence-corrected chi connectivity index (χ4v) is 1.68. The average molecular weight is 177 g/mol. The van der Waals surface area contributed by atoms with Gasteiger partial charge in [0.15, 0.2) is 0 Å². The lowest BCUT2D eigenvalue weighted by molar-refractivity contribution is 0.719. The summed E-state index contributed by atoms with van der Waals surface area (Å²) in [5.74, 6) is 0. The van der Waals surface area contributed by atoms with Crippen LogP contribution < -0.4 is 5.73 Å². The molecule has 1 nitrogen and oxygen atoms in total. The van der Waals surface area contributed by atoms with Crippen molar-refractivity contribution in [3.05, 3.63) is 22.4 Å². The molecule has 0 saturated carbocycles. The monoisotopic (exact) mass is 177 g/mol. The van der Waals surface area contributed by atoms with Crippen LogP contribution in [0.25, 0.3) is 0 Å². The second-order valence-corrected chi connectivity index (χ2v) is 4.11. The van der Waals surface area contributed by atoms with Crippen LogP contribution in [0.5, 0.6) is 0 Å². The third-order valence-electron chi connectivity index (χ3n) is 1.17. The van der Waals surface area contributed by atoms with Crippen molar-refractivity contribution in [2.24, 2.45) is 5.73 Å². The summed E-state index contributed by atoms with van der Waals surface area (Å²) in [6.07, 6.45) is 0. The molecule has 0 bridgehead atoms. The van der Waals surface area contributed by atoms with Crippen molar-refractivity contribution in [3.63, 3.8) is 0 Å². The van der Waals surface area contributed by atoms with E-state index in [-0.39, 0.29) is 12.1 Å². The summed E-state index contributed by atoms with van der Waals surface area (Å²) in [6, 6.07) is 3.69. The summed E-state index contributed by atoms with van der Waals surface area (Å²) < 4.78 is 12.1. The van der Waals surface area contributed by atoms with Crippen molar-refractivity contribution in [1.82, 2.24) is 0 Å². The molecule has 56 valence electrons. The first-order valence-corrected chi connectivity index (χ1v) is 4.39. The molecule has 10 heavy (non-hydrogen) atoms. The smallest absolute Gasteiger partial charge is 0.126 e. The Morgan fingerprint density at radius 3 is 2.90 bits per heavy atom. The van der Waals surface area contributed by atoms with E-state index in [9.17, 15) is 3.89 Å². The molecule has 1 atom stereocenters. The molecule has 0 radical (unpaired) electrons. The van der Waals surface area contributed by atoms with Gasteiger partial charge in [-0.05, 0) is 18.4 Å². The maximum Gasteiger partial charge on any atom is 0.126 e. The van der Waals surface area contributed by atoms with Gasteiger partial charge in [-0.3, -0.25) is 0 Å². The van der Waals surface area contributed by atoms with Crippen molar-refractivity contribution >= 4 is 23.5 Å². The van der Waals surface area contributed by atoms with Gasteiger partial charge in [0.25, 0.3) is 0 Å². The quantitative estimate of drug-likeness (QED) is 0.702. The van der Waals surface area contributed by atoms with Crippen molar-refractivity contribution in [2.75, 3.05) is 0 Å². The van der Waals surface area contributed by atoms with Crippen molar-refractivity contribution in [2.45, 2.75) is 11.8 Å². The maximum atomic E-state index is 12.1. The molecule has 2 N–H and O–H groups in total. The third-order valence-corrected chi connectivity index (χ3v) is 2.95. The molecule has 1 aromatic rings. The molecular weight excluding hydrogens is 169 g/mol. The Morgan fingerprint density at radius 1 is 1.80 bits per heavy atom. The molecule has 0 aliphatic heterocycles. The van der Waals surface area contributed by atoms with Crippen LogP contribution >= 0.6 is 23.5 Å². The molecule has 0 fully saturated rings. The fraction of sp³-hybridized carbons (Fsp3) is 0.333. The first-order valence-electron chi connectivity index (χ1n) is 2.79. The standard InChI is InChI=1S/C6H8FNS2/c1-6(8,10-7)5-3-2-4-9-5/h2-4H,8H2,1H3. The lowest BCUT2D eigenvalue weighted by Crippen LogP contribution is -2.26. The predicted octanol–water partition coefficient (Wildman–Crippen LogP) is 2.50. The number of thiophene rings is 1. The molecule has 0 saturated heterocycles. The van der Waals surface area contributed by atoms with Gasteiger partial charge in [0.05, 0.1) is 12.1 Å². The van der Waals surface area contributed by atoms with Crippen LogP contribution in [0.1, 0.15) is 11.8 Å². The van der Waals surface area contributed by atoms with Gasteiger partial charge in [-0.15, -0.1) is 11.3 Å². The van der Waals surface area contributed by atoms with Gasteiger partial charge in [-0.25, -0.2) is 0 Å². The van der Waals surface area contributed by atoms with Crippen LogP contribution in [0.15, 0.2) is 17.5 Å². The summed E-state index contributed by atoms with van der Waals surface area (Å²) >= 11 is 1.64. The second-order valence-electron chi connectivity index (χ2n) is 2.16. The van der Waals surface area contributed by atoms with E-state index in [0.717, 1.165) is 4.88 Å². The predicted molar refractivity (Wildman–Crippen MR) is 44.6 cm³/mol. The molecule has 0 spiro atoms. The molecule has 1 heterocycles. The molecule has 1 rings (SSSR count). The molecule has 0 aliphatic carbocycles. The van der Waals surface area contributed by atoms with Gasteiger partial charge < -0.3 is 5.73 Å². The van der Waals surface area contributed by atoms with Crippen LogP contribution in [0.3, 0.4) is 0 Å². The topological polar surface area (TPSA) is 26.0 Å². The minimum Gasteiger partial charge on any atom is -0.310 e. The number of rotatable bonds is 2. The Labute approximate surface area is 67.7 Å². The van der Waals surface area contributed by atoms with Crippen molar-refractivity contribution < 1.29 is 3.89 Å². The molecule has 4 heteroatoms. The van der Waals surface area contributed by atoms with Gasteiger partial charge in [-0.1, -0.05) is 6.07 Å². The average Bonchev–Trinajstić information content (AvgIpc) is 2.38. The van der Waals surface area contributed by atoms with Crippen LogP contribution in [-0.4, -0.2) is 0 Å². The SMILES string of the molecule is CC(N)(SF)c1cccs1. The van der Waals surface area contributed by atoms with Gasteiger partial charge in [0.1, 0.15) is 4.87 Å². The van der Waals surface area contributed by atoms with Gasteiger partial charge in [0, 0.05) is 4.88 Å². The van der Waals surface area contributed by atoms with E-state index in [2.05, 4.69) is 0 Å². The number of hydrogen-bond acceptors (Lipinski definition) is 3. The Hall–Kier alpha value is -0.0600. The summed E-state index contributed by atoms with van der Waals surface area (Å²) in [7, 11) is 0. The summed E-state index contributed by atoms with van der Waals surface area (Å²) in [5, 5.41) is 1.89. The first kappa shape index (κ1) is 8.04. The highest BCUT2D eigenvalue weighted by Gasteiger charge is 2.23. The van der Waals surface area contributed by atoms with Crippen molar-refractivity contribution in [1.29, 1.82) is 0 Å². The molecular formula is C6H8FNS2. The molecule has 0 aliphatic rings. The summed E-state index contributed by atoms with van der Waals surface area (Å²) in [5.41, 5.74) is 5.58. The van der Waals surface area contributed by atoms with E-state index < -0.39 is 4.87 Å². The highest BCUT2D eigenvalue weighted by atomic mass is 32.2. The maximum absolute atomic E-state index is 12.1. The molecule has 0 amide bonds. The first-order chi connectivity index (χ1) is 4.67. The fourth-order valence-electron chi connectivity index (χ4n) is 0.599. The van der Waals surface area contributed by atoms with E-state index in [1.54, 1.807) is 6.92 Å². The van der Waals surface area contributed by atoms with E-state index in [0.29, 0.717) is 0 Å². The summed E-state index contributed by atoms with van der Waals surface area (Å²) in [6.45, 7) is 1.66. The van der Waals surface area contributed by atoms with E-state index >= 15 is 0 Å². The second kappa shape index (κ2) is 2.90. The minimum absolute atomic E-state index is 0.173. The minimum atomic E-state index is -0.867. The zero-order chi connectivity index (χ0) is 7.61. The lowest BCUT2D eigenvalue weighted by Gasteiger charge is -2.15. The summed E-state index contributed by atoms with van der Waals surface area (Å²) in [4.78, 5) is -0.00579. The van der Waals surface area contributed by atoms with Crippen LogP contribution in [0.4, 0.5) is 3.89 Å². The van der Waals surface area contributed by atoms with Gasteiger partial charge in [0.2, 0.25) is 0 Å². The van der Waals surface area contributed by atoms with Gasteiger partial charge in [-0.2, -0.15) is 3.89 Å².